The van der Waals surface area contributed by atoms with Crippen LogP contribution in [0.2, 0.25) is 0 Å². The van der Waals surface area contributed by atoms with Crippen molar-refractivity contribution >= 4 is 56.5 Å². The van der Waals surface area contributed by atoms with Gasteiger partial charge in [-0.05, 0) is 55.9 Å². The molecule has 3 aromatic rings. The first-order chi connectivity index (χ1) is 14.9. The standard InChI is InChI=1S/C23H26N4O2S2/c1-4-19(28)26-15-6-5-7-16(11-15)27-20(29)12-30-22-21-17-9-8-13(2)10-18(17)31-23(21)25-14(3)24-22/h5-7,11,13H,4,8-10,12H2,1-3H3,(H,26,28)(H,27,29). The summed E-state index contributed by atoms with van der Waals surface area (Å²) in [7, 11) is 0. The molecule has 1 aliphatic rings. The van der Waals surface area contributed by atoms with E-state index >= 15 is 0 Å². The lowest BCUT2D eigenvalue weighted by Crippen LogP contribution is -2.15. The van der Waals surface area contributed by atoms with Crippen molar-refractivity contribution < 1.29 is 9.59 Å². The summed E-state index contributed by atoms with van der Waals surface area (Å²) in [5.41, 5.74) is 2.70. The number of thiophene rings is 1. The number of anilines is 2. The Bertz CT molecular complexity index is 1140. The predicted molar refractivity (Wildman–Crippen MR) is 128 cm³/mol. The van der Waals surface area contributed by atoms with Crippen LogP contribution in [0.3, 0.4) is 0 Å². The van der Waals surface area contributed by atoms with Gasteiger partial charge in [-0.1, -0.05) is 31.7 Å². The summed E-state index contributed by atoms with van der Waals surface area (Å²) >= 11 is 3.24. The zero-order valence-corrected chi connectivity index (χ0v) is 19.6. The third-order valence-corrected chi connectivity index (χ3v) is 7.45. The van der Waals surface area contributed by atoms with Crippen molar-refractivity contribution in [3.05, 3.63) is 40.5 Å². The van der Waals surface area contributed by atoms with Gasteiger partial charge in [0.2, 0.25) is 11.8 Å². The molecule has 0 saturated carbocycles. The van der Waals surface area contributed by atoms with E-state index in [1.165, 1.54) is 28.6 Å². The monoisotopic (exact) mass is 454 g/mol. The predicted octanol–water partition coefficient (Wildman–Crippen LogP) is 5.20. The SMILES string of the molecule is CCC(=O)Nc1cccc(NC(=O)CSc2nc(C)nc3sc4c(c23)CCC(C)C4)c1. The molecule has 0 spiro atoms. The van der Waals surface area contributed by atoms with Crippen molar-refractivity contribution in [2.24, 2.45) is 5.92 Å². The van der Waals surface area contributed by atoms with Crippen LogP contribution in [0.1, 0.15) is 43.0 Å². The summed E-state index contributed by atoms with van der Waals surface area (Å²) in [4.78, 5) is 36.0. The minimum atomic E-state index is -0.105. The Balaban J connectivity index is 1.47. The molecule has 0 radical (unpaired) electrons. The van der Waals surface area contributed by atoms with Gasteiger partial charge >= 0.3 is 0 Å². The molecular weight excluding hydrogens is 428 g/mol. The first kappa shape index (κ1) is 21.8. The molecule has 0 aliphatic heterocycles. The summed E-state index contributed by atoms with van der Waals surface area (Å²) < 4.78 is 0. The van der Waals surface area contributed by atoms with E-state index in [0.717, 1.165) is 33.9 Å². The summed E-state index contributed by atoms with van der Waals surface area (Å²) in [6.45, 7) is 6.00. The lowest BCUT2D eigenvalue weighted by atomic mass is 9.89. The molecular formula is C23H26N4O2S2. The number of aryl methyl sites for hydroxylation is 2. The number of rotatable bonds is 6. The molecule has 1 unspecified atom stereocenters. The second-order valence-electron chi connectivity index (χ2n) is 7.93. The van der Waals surface area contributed by atoms with Crippen LogP contribution in [0, 0.1) is 12.8 Å². The normalized spacial score (nSPS) is 15.5. The number of fused-ring (bicyclic) bond motifs is 3. The molecule has 0 bridgehead atoms. The van der Waals surface area contributed by atoms with Gasteiger partial charge in [0.15, 0.2) is 0 Å². The first-order valence-corrected chi connectivity index (χ1v) is 12.3. The number of thioether (sulfide) groups is 1. The number of carbonyl (C=O) groups is 2. The van der Waals surface area contributed by atoms with E-state index in [-0.39, 0.29) is 17.6 Å². The van der Waals surface area contributed by atoms with Gasteiger partial charge in [-0.2, -0.15) is 0 Å². The molecule has 2 amide bonds. The highest BCUT2D eigenvalue weighted by Crippen LogP contribution is 2.40. The zero-order chi connectivity index (χ0) is 22.0. The van der Waals surface area contributed by atoms with Crippen molar-refractivity contribution in [1.29, 1.82) is 0 Å². The van der Waals surface area contributed by atoms with Crippen molar-refractivity contribution in [2.75, 3.05) is 16.4 Å². The number of nitrogens with one attached hydrogen (secondary N) is 2. The van der Waals surface area contributed by atoms with E-state index < -0.39 is 0 Å². The van der Waals surface area contributed by atoms with Gasteiger partial charge in [-0.15, -0.1) is 11.3 Å². The van der Waals surface area contributed by atoms with Crippen LogP contribution in [0.4, 0.5) is 11.4 Å². The van der Waals surface area contributed by atoms with Gasteiger partial charge in [0.1, 0.15) is 15.7 Å². The number of carbonyl (C=O) groups excluding carboxylic acids is 2. The Kier molecular flexibility index (Phi) is 6.57. The quantitative estimate of drug-likeness (QED) is 0.395. The van der Waals surface area contributed by atoms with Gasteiger partial charge in [0, 0.05) is 28.1 Å². The van der Waals surface area contributed by atoms with Crippen LogP contribution in [0.25, 0.3) is 10.2 Å². The number of benzene rings is 1. The van der Waals surface area contributed by atoms with Crippen LogP contribution in [-0.2, 0) is 22.4 Å². The van der Waals surface area contributed by atoms with Crippen molar-refractivity contribution in [1.82, 2.24) is 9.97 Å². The minimum Gasteiger partial charge on any atom is -0.326 e. The summed E-state index contributed by atoms with van der Waals surface area (Å²) in [6.07, 6.45) is 3.75. The minimum absolute atomic E-state index is 0.0596. The van der Waals surface area contributed by atoms with Crippen LogP contribution >= 0.6 is 23.1 Å². The molecule has 2 aromatic heterocycles. The summed E-state index contributed by atoms with van der Waals surface area (Å²) in [5.74, 6) is 1.54. The molecule has 162 valence electrons. The van der Waals surface area contributed by atoms with Crippen LogP contribution in [0.5, 0.6) is 0 Å². The second-order valence-corrected chi connectivity index (χ2v) is 9.97. The third-order valence-electron chi connectivity index (χ3n) is 5.32. The Hall–Kier alpha value is -2.45. The fourth-order valence-corrected chi connectivity index (χ4v) is 6.16. The molecule has 2 N–H and O–H groups in total. The van der Waals surface area contributed by atoms with E-state index in [4.69, 9.17) is 0 Å². The van der Waals surface area contributed by atoms with Crippen LogP contribution in [-0.4, -0.2) is 27.5 Å². The topological polar surface area (TPSA) is 84.0 Å². The van der Waals surface area contributed by atoms with E-state index in [0.29, 0.717) is 23.7 Å². The highest BCUT2D eigenvalue weighted by molar-refractivity contribution is 8.00. The fraction of sp³-hybridized carbons (Fsp3) is 0.391. The summed E-state index contributed by atoms with van der Waals surface area (Å²) in [5, 5.41) is 7.76. The molecule has 6 nitrogen and oxygen atoms in total. The molecule has 0 saturated heterocycles. The van der Waals surface area contributed by atoms with E-state index in [1.807, 2.05) is 19.1 Å². The zero-order valence-electron chi connectivity index (χ0n) is 17.9. The lowest BCUT2D eigenvalue weighted by molar-refractivity contribution is -0.116. The largest absolute Gasteiger partial charge is 0.326 e. The van der Waals surface area contributed by atoms with Gasteiger partial charge in [-0.25, -0.2) is 9.97 Å². The average molecular weight is 455 g/mol. The van der Waals surface area contributed by atoms with Crippen molar-refractivity contribution in [3.8, 4) is 0 Å². The van der Waals surface area contributed by atoms with Crippen LogP contribution < -0.4 is 10.6 Å². The molecule has 0 fully saturated rings. The van der Waals surface area contributed by atoms with E-state index in [9.17, 15) is 9.59 Å². The van der Waals surface area contributed by atoms with E-state index in [2.05, 4.69) is 27.5 Å². The lowest BCUT2D eigenvalue weighted by Gasteiger charge is -2.18. The second kappa shape index (κ2) is 9.36. The molecule has 8 heteroatoms. The number of nitrogens with zero attached hydrogens (tertiary/aromatic N) is 2. The summed E-state index contributed by atoms with van der Waals surface area (Å²) in [6, 6.07) is 7.19. The molecule has 31 heavy (non-hydrogen) atoms. The smallest absolute Gasteiger partial charge is 0.234 e. The van der Waals surface area contributed by atoms with Crippen LogP contribution in [0.15, 0.2) is 29.3 Å². The third kappa shape index (κ3) is 5.07. The maximum Gasteiger partial charge on any atom is 0.234 e. The molecule has 2 heterocycles. The van der Waals surface area contributed by atoms with Gasteiger partial charge in [0.25, 0.3) is 0 Å². The maximum absolute atomic E-state index is 12.6. The molecule has 1 atom stereocenters. The van der Waals surface area contributed by atoms with Gasteiger partial charge in [0.05, 0.1) is 5.75 Å². The number of hydrogen-bond donors (Lipinski definition) is 2. The number of hydrogen-bond acceptors (Lipinski definition) is 6. The average Bonchev–Trinajstić information content (AvgIpc) is 3.09. The number of aromatic nitrogens is 2. The fourth-order valence-electron chi connectivity index (χ4n) is 3.77. The van der Waals surface area contributed by atoms with Crippen molar-refractivity contribution in [3.63, 3.8) is 0 Å². The Morgan fingerprint density at radius 3 is 2.68 bits per heavy atom. The Labute approximate surface area is 190 Å². The molecule has 1 aliphatic carbocycles. The van der Waals surface area contributed by atoms with Gasteiger partial charge in [-0.3, -0.25) is 9.59 Å². The maximum atomic E-state index is 12.6. The molecule has 4 rings (SSSR count). The Morgan fingerprint density at radius 1 is 1.19 bits per heavy atom. The molecule has 1 aromatic carbocycles. The van der Waals surface area contributed by atoms with E-state index in [1.54, 1.807) is 30.4 Å². The first-order valence-electron chi connectivity index (χ1n) is 10.5. The van der Waals surface area contributed by atoms with Crippen molar-refractivity contribution in [2.45, 2.75) is 51.5 Å². The number of amides is 2. The highest BCUT2D eigenvalue weighted by Gasteiger charge is 2.24. The van der Waals surface area contributed by atoms with Gasteiger partial charge < -0.3 is 10.6 Å². The highest BCUT2D eigenvalue weighted by atomic mass is 32.2. The Morgan fingerprint density at radius 2 is 1.94 bits per heavy atom.